The number of esters is 1. The van der Waals surface area contributed by atoms with Crippen molar-refractivity contribution in [1.82, 2.24) is 9.55 Å². The van der Waals surface area contributed by atoms with Gasteiger partial charge in [-0.1, -0.05) is 0 Å². The Morgan fingerprint density at radius 3 is 2.94 bits per heavy atom. The maximum Gasteiger partial charge on any atom is 0.360 e. The van der Waals surface area contributed by atoms with Gasteiger partial charge in [-0.25, -0.2) is 9.78 Å². The normalized spacial score (nSPS) is 10.6. The molecule has 0 aromatic carbocycles. The summed E-state index contributed by atoms with van der Waals surface area (Å²) >= 11 is 5.08. The van der Waals surface area contributed by atoms with Crippen molar-refractivity contribution in [3.63, 3.8) is 0 Å². The van der Waals surface area contributed by atoms with Crippen molar-refractivity contribution in [2.45, 2.75) is 13.5 Å². The highest BCUT2D eigenvalue weighted by Crippen LogP contribution is 2.26. The molecule has 0 spiro atoms. The van der Waals surface area contributed by atoms with E-state index in [1.54, 1.807) is 15.9 Å². The van der Waals surface area contributed by atoms with Gasteiger partial charge in [-0.3, -0.25) is 0 Å². The fourth-order valence-electron chi connectivity index (χ4n) is 1.61. The molecule has 0 amide bonds. The zero-order valence-corrected chi connectivity index (χ0v) is 12.3. The third-order valence-electron chi connectivity index (χ3n) is 2.57. The number of anilines is 1. The van der Waals surface area contributed by atoms with Crippen LogP contribution in [0.2, 0.25) is 0 Å². The molecule has 0 atom stereocenters. The van der Waals surface area contributed by atoms with Crippen LogP contribution in [0.15, 0.2) is 15.9 Å². The van der Waals surface area contributed by atoms with E-state index in [0.717, 1.165) is 9.35 Å². The molecule has 0 radical (unpaired) electrons. The SMILES string of the molecule is COC(=O)c1nc(C)n(Cc2sccc2Br)c1N. The van der Waals surface area contributed by atoms with Gasteiger partial charge in [0.05, 0.1) is 13.7 Å². The van der Waals surface area contributed by atoms with Crippen LogP contribution in [-0.4, -0.2) is 22.6 Å². The van der Waals surface area contributed by atoms with Crippen LogP contribution in [0.25, 0.3) is 0 Å². The first-order valence-electron chi connectivity index (χ1n) is 5.17. The highest BCUT2D eigenvalue weighted by Gasteiger charge is 2.19. The lowest BCUT2D eigenvalue weighted by Crippen LogP contribution is -2.09. The standard InChI is InChI=1S/C11H12BrN3O2S/c1-6-14-9(11(16)17-2)10(13)15(6)5-8-7(12)3-4-18-8/h3-4H,5,13H2,1-2H3. The molecule has 0 unspecified atom stereocenters. The summed E-state index contributed by atoms with van der Waals surface area (Å²) in [6, 6.07) is 1.98. The molecule has 2 heterocycles. The van der Waals surface area contributed by atoms with E-state index in [9.17, 15) is 4.79 Å². The number of aromatic nitrogens is 2. The van der Waals surface area contributed by atoms with Crippen LogP contribution in [0.1, 0.15) is 21.2 Å². The van der Waals surface area contributed by atoms with Crippen molar-refractivity contribution in [1.29, 1.82) is 0 Å². The van der Waals surface area contributed by atoms with Gasteiger partial charge < -0.3 is 15.0 Å². The molecule has 7 heteroatoms. The molecular formula is C11H12BrN3O2S. The number of aryl methyl sites for hydroxylation is 1. The molecule has 0 aliphatic rings. The molecule has 2 aromatic heterocycles. The lowest BCUT2D eigenvalue weighted by atomic mass is 10.4. The second-order valence-electron chi connectivity index (χ2n) is 3.66. The van der Waals surface area contributed by atoms with Gasteiger partial charge in [0.1, 0.15) is 11.6 Å². The van der Waals surface area contributed by atoms with Crippen LogP contribution in [-0.2, 0) is 11.3 Å². The Labute approximate surface area is 117 Å². The summed E-state index contributed by atoms with van der Waals surface area (Å²) in [5.74, 6) is 0.507. The van der Waals surface area contributed by atoms with E-state index in [1.807, 2.05) is 18.4 Å². The van der Waals surface area contributed by atoms with Gasteiger partial charge in [0.15, 0.2) is 5.69 Å². The molecule has 0 saturated carbocycles. The fourth-order valence-corrected chi connectivity index (χ4v) is 3.08. The lowest BCUT2D eigenvalue weighted by molar-refractivity contribution is 0.0595. The number of hydrogen-bond acceptors (Lipinski definition) is 5. The molecular weight excluding hydrogens is 318 g/mol. The van der Waals surface area contributed by atoms with Crippen molar-refractivity contribution in [3.05, 3.63) is 32.3 Å². The van der Waals surface area contributed by atoms with Crippen LogP contribution in [0, 0.1) is 6.92 Å². The monoisotopic (exact) mass is 329 g/mol. The number of nitrogen functional groups attached to an aromatic ring is 1. The third-order valence-corrected chi connectivity index (χ3v) is 4.48. The molecule has 0 aliphatic heterocycles. The Balaban J connectivity index is 2.37. The minimum absolute atomic E-state index is 0.169. The first-order chi connectivity index (χ1) is 8.54. The Bertz CT molecular complexity index is 591. The van der Waals surface area contributed by atoms with Gasteiger partial charge >= 0.3 is 5.97 Å². The number of nitrogens with zero attached hydrogens (tertiary/aromatic N) is 2. The number of carbonyl (C=O) groups is 1. The highest BCUT2D eigenvalue weighted by molar-refractivity contribution is 9.10. The van der Waals surface area contributed by atoms with Gasteiger partial charge in [-0.15, -0.1) is 11.3 Å². The Morgan fingerprint density at radius 1 is 1.67 bits per heavy atom. The minimum Gasteiger partial charge on any atom is -0.464 e. The largest absolute Gasteiger partial charge is 0.464 e. The summed E-state index contributed by atoms with van der Waals surface area (Å²) in [7, 11) is 1.31. The van der Waals surface area contributed by atoms with Crippen molar-refractivity contribution in [2.75, 3.05) is 12.8 Å². The van der Waals surface area contributed by atoms with Crippen molar-refractivity contribution < 1.29 is 9.53 Å². The predicted molar refractivity (Wildman–Crippen MR) is 73.8 cm³/mol. The highest BCUT2D eigenvalue weighted by atomic mass is 79.9. The average molecular weight is 330 g/mol. The smallest absolute Gasteiger partial charge is 0.360 e. The van der Waals surface area contributed by atoms with Crippen LogP contribution >= 0.6 is 27.3 Å². The van der Waals surface area contributed by atoms with E-state index in [0.29, 0.717) is 18.2 Å². The van der Waals surface area contributed by atoms with E-state index in [-0.39, 0.29) is 5.69 Å². The third kappa shape index (κ3) is 2.28. The fraction of sp³-hybridized carbons (Fsp3) is 0.273. The van der Waals surface area contributed by atoms with E-state index in [2.05, 4.69) is 25.7 Å². The Kier molecular flexibility index (Phi) is 3.72. The quantitative estimate of drug-likeness (QED) is 0.878. The maximum atomic E-state index is 11.5. The summed E-state index contributed by atoms with van der Waals surface area (Å²) < 4.78 is 7.46. The van der Waals surface area contributed by atoms with Gasteiger partial charge in [0.25, 0.3) is 0 Å². The molecule has 0 bridgehead atoms. The first-order valence-corrected chi connectivity index (χ1v) is 6.84. The number of hydrogen-bond donors (Lipinski definition) is 1. The number of halogens is 1. The molecule has 2 N–H and O–H groups in total. The van der Waals surface area contributed by atoms with Gasteiger partial charge in [0, 0.05) is 9.35 Å². The van der Waals surface area contributed by atoms with E-state index in [4.69, 9.17) is 5.73 Å². The zero-order chi connectivity index (χ0) is 13.3. The molecule has 5 nitrogen and oxygen atoms in total. The number of ether oxygens (including phenoxy) is 1. The van der Waals surface area contributed by atoms with E-state index >= 15 is 0 Å². The van der Waals surface area contributed by atoms with E-state index in [1.165, 1.54) is 7.11 Å². The summed E-state index contributed by atoms with van der Waals surface area (Å²) in [6.07, 6.45) is 0. The van der Waals surface area contributed by atoms with Crippen LogP contribution in [0.5, 0.6) is 0 Å². The van der Waals surface area contributed by atoms with Crippen LogP contribution < -0.4 is 5.73 Å². The van der Waals surface area contributed by atoms with Crippen LogP contribution in [0.4, 0.5) is 5.82 Å². The number of imidazole rings is 1. The second kappa shape index (κ2) is 5.11. The number of methoxy groups -OCH3 is 1. The topological polar surface area (TPSA) is 70.1 Å². The molecule has 2 aromatic rings. The van der Waals surface area contributed by atoms with Gasteiger partial charge in [0.2, 0.25) is 0 Å². The van der Waals surface area contributed by atoms with Crippen LogP contribution in [0.3, 0.4) is 0 Å². The summed E-state index contributed by atoms with van der Waals surface area (Å²) in [5.41, 5.74) is 6.11. The molecule has 18 heavy (non-hydrogen) atoms. The number of rotatable bonds is 3. The molecule has 0 saturated heterocycles. The molecule has 0 aliphatic carbocycles. The number of carbonyl (C=O) groups excluding carboxylic acids is 1. The van der Waals surface area contributed by atoms with E-state index < -0.39 is 5.97 Å². The maximum absolute atomic E-state index is 11.5. The first kappa shape index (κ1) is 13.1. The second-order valence-corrected chi connectivity index (χ2v) is 5.52. The average Bonchev–Trinajstić information content (AvgIpc) is 2.87. The number of thiophene rings is 1. The van der Waals surface area contributed by atoms with Gasteiger partial charge in [-0.05, 0) is 34.3 Å². The summed E-state index contributed by atoms with van der Waals surface area (Å²) in [5, 5.41) is 1.99. The Hall–Kier alpha value is -1.34. The lowest BCUT2D eigenvalue weighted by Gasteiger charge is -2.06. The molecule has 0 fully saturated rings. The summed E-state index contributed by atoms with van der Waals surface area (Å²) in [4.78, 5) is 16.8. The minimum atomic E-state index is -0.514. The predicted octanol–water partition coefficient (Wildman–Crippen LogP) is 2.43. The number of nitrogens with two attached hydrogens (primary N) is 1. The van der Waals surface area contributed by atoms with Crippen molar-refractivity contribution in [2.24, 2.45) is 0 Å². The van der Waals surface area contributed by atoms with Crippen molar-refractivity contribution >= 4 is 39.1 Å². The van der Waals surface area contributed by atoms with Gasteiger partial charge in [-0.2, -0.15) is 0 Å². The van der Waals surface area contributed by atoms with Crippen molar-refractivity contribution in [3.8, 4) is 0 Å². The zero-order valence-electron chi connectivity index (χ0n) is 9.94. The summed E-state index contributed by atoms with van der Waals surface area (Å²) in [6.45, 7) is 2.39. The molecule has 2 rings (SSSR count). The molecule has 96 valence electrons. The Morgan fingerprint density at radius 2 is 2.39 bits per heavy atom.